The Morgan fingerprint density at radius 3 is 2.79 bits per heavy atom. The second kappa shape index (κ2) is 7.32. The lowest BCUT2D eigenvalue weighted by Gasteiger charge is -2.35. The Labute approximate surface area is 191 Å². The van der Waals surface area contributed by atoms with Crippen LogP contribution in [0.15, 0.2) is 42.9 Å². The number of hydrogen-bond donors (Lipinski definition) is 1. The van der Waals surface area contributed by atoms with E-state index in [1.165, 1.54) is 27.5 Å². The van der Waals surface area contributed by atoms with Gasteiger partial charge in [0.1, 0.15) is 6.33 Å². The SMILES string of the molecule is [C-]#[N+]CN1CC(c2ccc3[nH]c4cc(-c5cc(OC)c6ncnn6c5)c(C)c(C)c4c3c2)C1. The molecule has 0 radical (unpaired) electrons. The minimum atomic E-state index is 0.498. The van der Waals surface area contributed by atoms with Crippen LogP contribution in [-0.2, 0) is 0 Å². The molecular formula is C26H24N6O. The minimum Gasteiger partial charge on any atom is -0.493 e. The minimum absolute atomic E-state index is 0.498. The molecular weight excluding hydrogens is 412 g/mol. The van der Waals surface area contributed by atoms with Crippen molar-refractivity contribution in [3.8, 4) is 16.9 Å². The molecule has 1 aliphatic rings. The number of hydrogen-bond acceptors (Lipinski definition) is 4. The predicted molar refractivity (Wildman–Crippen MR) is 130 cm³/mol. The van der Waals surface area contributed by atoms with Crippen LogP contribution in [0.1, 0.15) is 22.6 Å². The van der Waals surface area contributed by atoms with Crippen LogP contribution in [0.2, 0.25) is 0 Å². The molecule has 4 heterocycles. The third kappa shape index (κ3) is 2.99. The van der Waals surface area contributed by atoms with Gasteiger partial charge in [-0.05, 0) is 60.4 Å². The smallest absolute Gasteiger partial charge is 0.270 e. The fraction of sp³-hybridized carbons (Fsp3) is 0.269. The Kier molecular flexibility index (Phi) is 4.39. The van der Waals surface area contributed by atoms with Gasteiger partial charge in [0.05, 0.1) is 7.11 Å². The van der Waals surface area contributed by atoms with Gasteiger partial charge in [0.2, 0.25) is 0 Å². The van der Waals surface area contributed by atoms with E-state index in [2.05, 4.69) is 62.9 Å². The zero-order valence-corrected chi connectivity index (χ0v) is 18.9. The van der Waals surface area contributed by atoms with Gasteiger partial charge in [0.25, 0.3) is 6.67 Å². The summed E-state index contributed by atoms with van der Waals surface area (Å²) >= 11 is 0. The van der Waals surface area contributed by atoms with Gasteiger partial charge in [-0.2, -0.15) is 5.10 Å². The molecule has 0 unspecified atom stereocenters. The maximum Gasteiger partial charge on any atom is 0.270 e. The normalized spacial score (nSPS) is 14.7. The highest BCUT2D eigenvalue weighted by Crippen LogP contribution is 2.38. The molecule has 2 aromatic carbocycles. The number of ether oxygens (including phenoxy) is 1. The summed E-state index contributed by atoms with van der Waals surface area (Å²) in [6.45, 7) is 13.9. The van der Waals surface area contributed by atoms with Crippen molar-refractivity contribution >= 4 is 27.5 Å². The third-order valence-corrected chi connectivity index (χ3v) is 7.05. The zero-order valence-electron chi connectivity index (χ0n) is 18.9. The maximum atomic E-state index is 7.06. The van der Waals surface area contributed by atoms with Gasteiger partial charge in [0, 0.05) is 52.6 Å². The zero-order chi connectivity index (χ0) is 22.7. The van der Waals surface area contributed by atoms with Gasteiger partial charge in [-0.15, -0.1) is 0 Å². The summed E-state index contributed by atoms with van der Waals surface area (Å²) in [7, 11) is 1.66. The number of likely N-dealkylation sites (tertiary alicyclic amines) is 1. The second-order valence-corrected chi connectivity index (χ2v) is 8.88. The number of rotatable bonds is 4. The molecule has 0 aliphatic carbocycles. The number of pyridine rings is 1. The molecule has 0 saturated carbocycles. The molecule has 0 spiro atoms. The first kappa shape index (κ1) is 19.8. The van der Waals surface area contributed by atoms with Crippen LogP contribution >= 0.6 is 0 Å². The Morgan fingerprint density at radius 2 is 2.00 bits per heavy atom. The topological polar surface area (TPSA) is 62.8 Å². The molecule has 3 aromatic heterocycles. The Hall–Kier alpha value is -3.89. The van der Waals surface area contributed by atoms with Crippen LogP contribution in [0.25, 0.3) is 43.4 Å². The van der Waals surface area contributed by atoms with Crippen molar-refractivity contribution in [1.29, 1.82) is 0 Å². The summed E-state index contributed by atoms with van der Waals surface area (Å²) in [5, 5.41) is 6.86. The van der Waals surface area contributed by atoms with Crippen LogP contribution < -0.4 is 4.74 Å². The predicted octanol–water partition coefficient (Wildman–Crippen LogP) is 4.93. The molecule has 1 fully saturated rings. The monoisotopic (exact) mass is 436 g/mol. The van der Waals surface area contributed by atoms with E-state index in [0.29, 0.717) is 24.0 Å². The number of nitrogens with one attached hydrogen (secondary N) is 1. The van der Waals surface area contributed by atoms with E-state index in [0.717, 1.165) is 35.2 Å². The highest BCUT2D eigenvalue weighted by molar-refractivity contribution is 6.11. The number of aromatic amines is 1. The average molecular weight is 437 g/mol. The lowest BCUT2D eigenvalue weighted by atomic mass is 9.89. The number of fused-ring (bicyclic) bond motifs is 4. The molecule has 5 aromatic rings. The molecule has 1 aliphatic heterocycles. The van der Waals surface area contributed by atoms with Crippen molar-refractivity contribution in [2.75, 3.05) is 26.9 Å². The molecule has 7 nitrogen and oxygen atoms in total. The summed E-state index contributed by atoms with van der Waals surface area (Å²) in [5.41, 5.74) is 9.04. The Morgan fingerprint density at radius 1 is 1.15 bits per heavy atom. The van der Waals surface area contributed by atoms with Gasteiger partial charge in [-0.3, -0.25) is 4.85 Å². The van der Waals surface area contributed by atoms with Gasteiger partial charge in [-0.1, -0.05) is 6.07 Å². The first-order chi connectivity index (χ1) is 16.1. The molecule has 7 heteroatoms. The Bertz CT molecular complexity index is 1580. The first-order valence-electron chi connectivity index (χ1n) is 11.1. The number of aryl methyl sites for hydroxylation is 1. The van der Waals surface area contributed by atoms with E-state index in [1.807, 2.05) is 12.3 Å². The number of H-pyrrole nitrogens is 1. The van der Waals surface area contributed by atoms with Gasteiger partial charge in [0.15, 0.2) is 11.4 Å². The summed E-state index contributed by atoms with van der Waals surface area (Å²) in [5.74, 6) is 1.21. The van der Waals surface area contributed by atoms with E-state index in [1.54, 1.807) is 18.0 Å². The highest BCUT2D eigenvalue weighted by Gasteiger charge is 2.29. The first-order valence-corrected chi connectivity index (χ1v) is 11.1. The van der Waals surface area contributed by atoms with E-state index in [9.17, 15) is 0 Å². The fourth-order valence-electron chi connectivity index (χ4n) is 5.13. The van der Waals surface area contributed by atoms with Crippen molar-refractivity contribution in [1.82, 2.24) is 24.5 Å². The van der Waals surface area contributed by atoms with E-state index in [-0.39, 0.29) is 0 Å². The van der Waals surface area contributed by atoms with Gasteiger partial charge >= 0.3 is 0 Å². The molecule has 0 atom stereocenters. The van der Waals surface area contributed by atoms with Crippen LogP contribution in [0.5, 0.6) is 5.75 Å². The Balaban J connectivity index is 1.48. The van der Waals surface area contributed by atoms with Crippen LogP contribution in [0.4, 0.5) is 0 Å². The van der Waals surface area contributed by atoms with Crippen LogP contribution in [0.3, 0.4) is 0 Å². The van der Waals surface area contributed by atoms with Crippen LogP contribution in [-0.4, -0.2) is 51.3 Å². The average Bonchev–Trinajstić information content (AvgIpc) is 3.41. The number of methoxy groups -OCH3 is 1. The summed E-state index contributed by atoms with van der Waals surface area (Å²) in [4.78, 5) is 13.6. The number of aromatic nitrogens is 4. The number of benzene rings is 2. The lowest BCUT2D eigenvalue weighted by molar-refractivity contribution is 0.166. The number of nitrogens with zero attached hydrogens (tertiary/aromatic N) is 5. The highest BCUT2D eigenvalue weighted by atomic mass is 16.5. The molecule has 1 N–H and O–H groups in total. The van der Waals surface area contributed by atoms with Crippen molar-refractivity contribution < 1.29 is 4.74 Å². The van der Waals surface area contributed by atoms with Crippen molar-refractivity contribution in [3.63, 3.8) is 0 Å². The standard InChI is InChI=1S/C26H24N6O/c1-15-16(2)25-21-7-17(19-10-31(11-19)14-27-3)5-6-22(21)30-23(25)9-20(15)18-8-24(33-4)26-28-13-29-32(26)12-18/h5-9,12-13,19,30H,10-11,14H2,1-2,4H3. The van der Waals surface area contributed by atoms with E-state index in [4.69, 9.17) is 11.3 Å². The molecule has 6 rings (SSSR count). The molecule has 164 valence electrons. The summed E-state index contributed by atoms with van der Waals surface area (Å²) in [6, 6.07) is 11.0. The van der Waals surface area contributed by atoms with Crippen molar-refractivity contribution in [3.05, 3.63) is 71.0 Å². The molecule has 1 saturated heterocycles. The quantitative estimate of drug-likeness (QED) is 0.406. The van der Waals surface area contributed by atoms with Crippen molar-refractivity contribution in [2.24, 2.45) is 0 Å². The molecule has 0 amide bonds. The lowest BCUT2D eigenvalue weighted by Crippen LogP contribution is -2.44. The van der Waals surface area contributed by atoms with Crippen LogP contribution in [0, 0.1) is 20.4 Å². The summed E-state index contributed by atoms with van der Waals surface area (Å²) < 4.78 is 7.34. The maximum absolute atomic E-state index is 7.06. The largest absolute Gasteiger partial charge is 0.493 e. The fourth-order valence-corrected chi connectivity index (χ4v) is 5.13. The summed E-state index contributed by atoms with van der Waals surface area (Å²) in [6.07, 6.45) is 3.55. The van der Waals surface area contributed by atoms with Gasteiger partial charge < -0.3 is 9.72 Å². The molecule has 0 bridgehead atoms. The van der Waals surface area contributed by atoms with Crippen molar-refractivity contribution in [2.45, 2.75) is 19.8 Å². The van der Waals surface area contributed by atoms with E-state index < -0.39 is 0 Å². The van der Waals surface area contributed by atoms with E-state index >= 15 is 0 Å². The van der Waals surface area contributed by atoms with Gasteiger partial charge in [-0.25, -0.2) is 21.0 Å². The molecule has 33 heavy (non-hydrogen) atoms. The third-order valence-electron chi connectivity index (χ3n) is 7.05. The second-order valence-electron chi connectivity index (χ2n) is 8.88.